The maximum Gasteiger partial charge on any atom is 0.416 e. The molecule has 1 saturated heterocycles. The minimum absolute atomic E-state index is 0.0171. The number of halogens is 4. The predicted molar refractivity (Wildman–Crippen MR) is 134 cm³/mol. The summed E-state index contributed by atoms with van der Waals surface area (Å²) < 4.78 is 55.9. The quantitative estimate of drug-likeness (QED) is 0.296. The van der Waals surface area contributed by atoms with E-state index >= 15 is 0 Å². The van der Waals surface area contributed by atoms with Crippen LogP contribution < -0.4 is 5.32 Å². The number of carboxylic acids is 1. The summed E-state index contributed by atoms with van der Waals surface area (Å²) in [6.45, 7) is 5.68. The van der Waals surface area contributed by atoms with Crippen LogP contribution in [0.3, 0.4) is 0 Å². The number of aromatic amines is 1. The highest BCUT2D eigenvalue weighted by Gasteiger charge is 2.47. The molecule has 7 nitrogen and oxygen atoms in total. The molecule has 1 fully saturated rings. The number of aromatic nitrogens is 3. The second-order valence-electron chi connectivity index (χ2n) is 9.96. The highest BCUT2D eigenvalue weighted by atomic mass is 19.4. The van der Waals surface area contributed by atoms with E-state index in [1.165, 1.54) is 24.3 Å². The van der Waals surface area contributed by atoms with Crippen molar-refractivity contribution in [1.82, 2.24) is 20.1 Å². The number of carboxylic acid groups (broad SMARTS) is 1. The molecular weight excluding hydrogens is 502 g/mol. The Morgan fingerprint density at radius 3 is 2.63 bits per heavy atom. The first kappa shape index (κ1) is 27.6. The fourth-order valence-corrected chi connectivity index (χ4v) is 5.43. The van der Waals surface area contributed by atoms with Crippen molar-refractivity contribution in [2.75, 3.05) is 11.9 Å². The number of piperidine rings is 1. The molecule has 0 saturated carbocycles. The number of nitrogens with zero attached hydrogens (tertiary/aromatic N) is 3. The maximum absolute atomic E-state index is 14.8. The number of pyridine rings is 1. The van der Waals surface area contributed by atoms with Gasteiger partial charge in [0.2, 0.25) is 0 Å². The topological polar surface area (TPSA) is 94.1 Å². The molecule has 3 atom stereocenters. The molecule has 38 heavy (non-hydrogen) atoms. The van der Waals surface area contributed by atoms with Gasteiger partial charge in [0.1, 0.15) is 11.6 Å². The standard InChI is InChI=1S/C27H31F4N5O2/c1-4-18-14-26(25(37)38,11-12-36(18)17(3)19-7-5-6-8-20(19)27(29,30)31)15-22-21(28)9-10-23(32-22)33-24-13-16(2)34-35-24/h5-10,13,17-18H,4,11-12,14-15H2,1-3H3,(H,37,38)(H2,32,33,34,35)/t17-,18+,26+/m0/s1. The van der Waals surface area contributed by atoms with Gasteiger partial charge in [0, 0.05) is 36.8 Å². The number of aryl methyl sites for hydroxylation is 1. The Morgan fingerprint density at radius 2 is 2.00 bits per heavy atom. The Morgan fingerprint density at radius 1 is 1.26 bits per heavy atom. The van der Waals surface area contributed by atoms with E-state index in [1.807, 2.05) is 18.7 Å². The lowest BCUT2D eigenvalue weighted by Gasteiger charge is -2.47. The molecule has 0 unspecified atom stereocenters. The van der Waals surface area contributed by atoms with Gasteiger partial charge in [0.25, 0.3) is 0 Å². The van der Waals surface area contributed by atoms with Crippen molar-refractivity contribution in [2.24, 2.45) is 5.41 Å². The van der Waals surface area contributed by atoms with Crippen LogP contribution >= 0.6 is 0 Å². The first-order chi connectivity index (χ1) is 17.9. The largest absolute Gasteiger partial charge is 0.481 e. The van der Waals surface area contributed by atoms with Crippen LogP contribution in [0.15, 0.2) is 42.5 Å². The minimum Gasteiger partial charge on any atom is -0.481 e. The molecular formula is C27H31F4N5O2. The maximum atomic E-state index is 14.8. The van der Waals surface area contributed by atoms with Gasteiger partial charge in [0.15, 0.2) is 5.82 Å². The second kappa shape index (κ2) is 10.7. The van der Waals surface area contributed by atoms with Gasteiger partial charge < -0.3 is 10.4 Å². The van der Waals surface area contributed by atoms with E-state index in [4.69, 9.17) is 0 Å². The first-order valence-electron chi connectivity index (χ1n) is 12.5. The van der Waals surface area contributed by atoms with E-state index < -0.39 is 35.0 Å². The Bertz CT molecular complexity index is 1290. The zero-order valence-electron chi connectivity index (χ0n) is 21.4. The van der Waals surface area contributed by atoms with Crippen LogP contribution in [0.25, 0.3) is 0 Å². The molecule has 1 aromatic carbocycles. The number of benzene rings is 1. The van der Waals surface area contributed by atoms with Gasteiger partial charge in [0.05, 0.1) is 16.7 Å². The number of carbonyl (C=O) groups is 1. The molecule has 3 aromatic rings. The van der Waals surface area contributed by atoms with Crippen LogP contribution in [0.4, 0.5) is 29.2 Å². The average molecular weight is 534 g/mol. The van der Waals surface area contributed by atoms with Crippen LogP contribution in [0.2, 0.25) is 0 Å². The van der Waals surface area contributed by atoms with Crippen molar-refractivity contribution in [2.45, 2.75) is 64.7 Å². The molecule has 204 valence electrons. The van der Waals surface area contributed by atoms with Gasteiger partial charge in [-0.25, -0.2) is 9.37 Å². The van der Waals surface area contributed by atoms with Crippen LogP contribution in [-0.4, -0.2) is 43.7 Å². The molecule has 3 N–H and O–H groups in total. The molecule has 1 aliphatic heterocycles. The fourth-order valence-electron chi connectivity index (χ4n) is 5.43. The van der Waals surface area contributed by atoms with E-state index in [0.717, 1.165) is 11.8 Å². The Hall–Kier alpha value is -3.47. The zero-order valence-corrected chi connectivity index (χ0v) is 21.4. The summed E-state index contributed by atoms with van der Waals surface area (Å²) >= 11 is 0. The third-order valence-electron chi connectivity index (χ3n) is 7.47. The monoisotopic (exact) mass is 533 g/mol. The van der Waals surface area contributed by atoms with E-state index in [-0.39, 0.29) is 43.1 Å². The molecule has 1 aliphatic rings. The van der Waals surface area contributed by atoms with Gasteiger partial charge in [-0.15, -0.1) is 0 Å². The normalized spacial score (nSPS) is 21.3. The fraction of sp³-hybridized carbons (Fsp3) is 0.444. The molecule has 3 heterocycles. The summed E-state index contributed by atoms with van der Waals surface area (Å²) in [7, 11) is 0. The summed E-state index contributed by atoms with van der Waals surface area (Å²) in [6, 6.07) is 9.03. The van der Waals surface area contributed by atoms with Gasteiger partial charge in [-0.05, 0) is 56.9 Å². The SMILES string of the molecule is CC[C@@H]1C[C@](Cc2nc(Nc3cc(C)[nH]n3)ccc2F)(C(=O)O)CCN1[C@@H](C)c1ccccc1C(F)(F)F. The minimum atomic E-state index is -4.50. The zero-order chi connectivity index (χ0) is 27.7. The average Bonchev–Trinajstić information content (AvgIpc) is 3.29. The Balaban J connectivity index is 1.59. The Labute approximate surface area is 218 Å². The number of aliphatic carboxylic acids is 1. The molecule has 0 amide bonds. The lowest BCUT2D eigenvalue weighted by Crippen LogP contribution is -2.51. The van der Waals surface area contributed by atoms with Crippen molar-refractivity contribution < 1.29 is 27.5 Å². The number of alkyl halides is 3. The number of hydrogen-bond donors (Lipinski definition) is 3. The van der Waals surface area contributed by atoms with Crippen molar-refractivity contribution in [1.29, 1.82) is 0 Å². The smallest absolute Gasteiger partial charge is 0.416 e. The van der Waals surface area contributed by atoms with E-state index in [0.29, 0.717) is 18.1 Å². The molecule has 4 rings (SSSR count). The van der Waals surface area contributed by atoms with Gasteiger partial charge in [-0.1, -0.05) is 25.1 Å². The third kappa shape index (κ3) is 5.67. The lowest BCUT2D eigenvalue weighted by atomic mass is 9.71. The van der Waals surface area contributed by atoms with E-state index in [9.17, 15) is 27.5 Å². The van der Waals surface area contributed by atoms with Gasteiger partial charge >= 0.3 is 12.1 Å². The van der Waals surface area contributed by atoms with Crippen molar-refractivity contribution >= 4 is 17.6 Å². The molecule has 0 bridgehead atoms. The van der Waals surface area contributed by atoms with Crippen LogP contribution in [-0.2, 0) is 17.4 Å². The predicted octanol–water partition coefficient (Wildman–Crippen LogP) is 6.26. The number of nitrogens with one attached hydrogen (secondary N) is 2. The van der Waals surface area contributed by atoms with Crippen molar-refractivity contribution in [3.63, 3.8) is 0 Å². The molecule has 0 aliphatic carbocycles. The van der Waals surface area contributed by atoms with Crippen LogP contribution in [0, 0.1) is 18.2 Å². The third-order valence-corrected chi connectivity index (χ3v) is 7.47. The molecule has 0 radical (unpaired) electrons. The van der Waals surface area contributed by atoms with Crippen LogP contribution in [0.5, 0.6) is 0 Å². The molecule has 2 aromatic heterocycles. The lowest BCUT2D eigenvalue weighted by molar-refractivity contribution is -0.154. The number of rotatable bonds is 8. The first-order valence-corrected chi connectivity index (χ1v) is 12.5. The highest BCUT2D eigenvalue weighted by Crippen LogP contribution is 2.44. The summed E-state index contributed by atoms with van der Waals surface area (Å²) in [5, 5.41) is 20.2. The summed E-state index contributed by atoms with van der Waals surface area (Å²) in [5.74, 6) is -0.859. The molecule has 0 spiro atoms. The number of H-pyrrole nitrogens is 1. The number of hydrogen-bond acceptors (Lipinski definition) is 5. The summed E-state index contributed by atoms with van der Waals surface area (Å²) in [5.41, 5.74) is -1.01. The molecule has 11 heteroatoms. The Kier molecular flexibility index (Phi) is 7.78. The van der Waals surface area contributed by atoms with Gasteiger partial charge in [-0.3, -0.25) is 14.8 Å². The van der Waals surface area contributed by atoms with Gasteiger partial charge in [-0.2, -0.15) is 18.3 Å². The summed E-state index contributed by atoms with van der Waals surface area (Å²) in [4.78, 5) is 18.9. The van der Waals surface area contributed by atoms with Crippen molar-refractivity contribution in [3.8, 4) is 0 Å². The van der Waals surface area contributed by atoms with E-state index in [2.05, 4.69) is 20.5 Å². The van der Waals surface area contributed by atoms with Crippen molar-refractivity contribution in [3.05, 3.63) is 70.8 Å². The van der Waals surface area contributed by atoms with Crippen LogP contribution in [0.1, 0.15) is 61.7 Å². The van der Waals surface area contributed by atoms with E-state index in [1.54, 1.807) is 19.1 Å². The summed E-state index contributed by atoms with van der Waals surface area (Å²) in [6.07, 6.45) is -3.79. The highest BCUT2D eigenvalue weighted by molar-refractivity contribution is 5.75. The second-order valence-corrected chi connectivity index (χ2v) is 9.96. The number of likely N-dealkylation sites (tertiary alicyclic amines) is 1. The number of anilines is 2.